The van der Waals surface area contributed by atoms with Crippen molar-refractivity contribution in [1.82, 2.24) is 9.38 Å². The molecule has 86 valence electrons. The lowest BCUT2D eigenvalue weighted by Gasteiger charge is -1.95. The molecule has 0 saturated heterocycles. The van der Waals surface area contributed by atoms with Gasteiger partial charge >= 0.3 is 0 Å². The maximum absolute atomic E-state index is 11.8. The quantitative estimate of drug-likeness (QED) is 0.724. The molecule has 0 aliphatic carbocycles. The van der Waals surface area contributed by atoms with Gasteiger partial charge in [-0.15, -0.1) is 11.3 Å². The van der Waals surface area contributed by atoms with Crippen molar-refractivity contribution in [3.8, 4) is 0 Å². The first-order valence-corrected chi connectivity index (χ1v) is 7.07. The van der Waals surface area contributed by atoms with Crippen molar-refractivity contribution < 1.29 is 4.79 Å². The van der Waals surface area contributed by atoms with E-state index in [1.807, 2.05) is 39.0 Å². The lowest BCUT2D eigenvalue weighted by atomic mass is 10.1. The van der Waals surface area contributed by atoms with Crippen molar-refractivity contribution in [1.29, 1.82) is 0 Å². The summed E-state index contributed by atoms with van der Waals surface area (Å²) in [5.41, 5.74) is 1.96. The molecule has 0 N–H and O–H groups in total. The van der Waals surface area contributed by atoms with Gasteiger partial charge in [0.1, 0.15) is 5.78 Å². The third kappa shape index (κ3) is 2.30. The number of ketones is 1. The lowest BCUT2D eigenvalue weighted by Crippen LogP contribution is -2.06. The average Bonchev–Trinajstić information content (AvgIpc) is 2.92. The van der Waals surface area contributed by atoms with Crippen LogP contribution in [-0.2, 0) is 17.6 Å². The monoisotopic (exact) mass is 262 g/mol. The van der Waals surface area contributed by atoms with E-state index in [0.29, 0.717) is 12.8 Å². The Bertz CT molecular complexity index is 608. The summed E-state index contributed by atoms with van der Waals surface area (Å²) >= 11 is 3.21. The van der Waals surface area contributed by atoms with Gasteiger partial charge in [0, 0.05) is 24.2 Å². The second-order valence-corrected chi connectivity index (χ2v) is 5.50. The van der Waals surface area contributed by atoms with Crippen molar-refractivity contribution in [2.45, 2.75) is 12.8 Å². The minimum absolute atomic E-state index is 0.217. The van der Waals surface area contributed by atoms with E-state index in [-0.39, 0.29) is 5.78 Å². The standard InChI is InChI=1S/C12H10N2OS2/c15-11(5-9-1-3-16-8-9)6-10-7-14-2-4-17-12(14)13-10/h1-4,7-8H,5-6H2. The van der Waals surface area contributed by atoms with Crippen molar-refractivity contribution >= 4 is 33.4 Å². The minimum Gasteiger partial charge on any atom is -0.299 e. The van der Waals surface area contributed by atoms with Gasteiger partial charge in [-0.25, -0.2) is 4.98 Å². The van der Waals surface area contributed by atoms with Crippen LogP contribution >= 0.6 is 22.7 Å². The normalized spacial score (nSPS) is 11.1. The lowest BCUT2D eigenvalue weighted by molar-refractivity contribution is -0.117. The van der Waals surface area contributed by atoms with Crippen molar-refractivity contribution in [3.05, 3.63) is 45.9 Å². The van der Waals surface area contributed by atoms with Crippen LogP contribution in [0.2, 0.25) is 0 Å². The predicted octanol–water partition coefficient (Wildman–Crippen LogP) is 2.81. The molecule has 3 nitrogen and oxygen atoms in total. The smallest absolute Gasteiger partial charge is 0.193 e. The second kappa shape index (κ2) is 4.43. The zero-order chi connectivity index (χ0) is 11.7. The summed E-state index contributed by atoms with van der Waals surface area (Å²) in [6.45, 7) is 0. The largest absolute Gasteiger partial charge is 0.299 e. The van der Waals surface area contributed by atoms with Crippen LogP contribution in [0.15, 0.2) is 34.6 Å². The summed E-state index contributed by atoms with van der Waals surface area (Å²) in [7, 11) is 0. The van der Waals surface area contributed by atoms with Gasteiger partial charge in [-0.1, -0.05) is 0 Å². The molecule has 3 rings (SSSR count). The summed E-state index contributed by atoms with van der Waals surface area (Å²) < 4.78 is 1.96. The number of hydrogen-bond acceptors (Lipinski definition) is 4. The van der Waals surface area contributed by atoms with Crippen molar-refractivity contribution in [2.24, 2.45) is 0 Å². The van der Waals surface area contributed by atoms with Gasteiger partial charge in [0.15, 0.2) is 4.96 Å². The Morgan fingerprint density at radius 3 is 3.06 bits per heavy atom. The first-order chi connectivity index (χ1) is 8.31. The molecular weight excluding hydrogens is 252 g/mol. The van der Waals surface area contributed by atoms with Crippen LogP contribution in [0.4, 0.5) is 0 Å². The number of Topliss-reactive ketones (excluding diaryl/α,β-unsaturated/α-hetero) is 1. The molecular formula is C12H10N2OS2. The van der Waals surface area contributed by atoms with Crippen LogP contribution in [-0.4, -0.2) is 15.2 Å². The zero-order valence-electron chi connectivity index (χ0n) is 9.00. The number of rotatable bonds is 4. The molecule has 0 bridgehead atoms. The Balaban J connectivity index is 1.70. The van der Waals surface area contributed by atoms with Gasteiger partial charge in [0.25, 0.3) is 0 Å². The van der Waals surface area contributed by atoms with E-state index in [0.717, 1.165) is 16.2 Å². The highest BCUT2D eigenvalue weighted by Crippen LogP contribution is 2.13. The third-order valence-electron chi connectivity index (χ3n) is 2.50. The van der Waals surface area contributed by atoms with Crippen LogP contribution in [0.5, 0.6) is 0 Å². The average molecular weight is 262 g/mol. The fourth-order valence-electron chi connectivity index (χ4n) is 1.75. The molecule has 0 saturated carbocycles. The highest BCUT2D eigenvalue weighted by molar-refractivity contribution is 7.15. The number of carbonyl (C=O) groups is 1. The SMILES string of the molecule is O=C(Cc1ccsc1)Cc1cn2ccsc2n1. The fraction of sp³-hybridized carbons (Fsp3) is 0.167. The van der Waals surface area contributed by atoms with E-state index in [1.54, 1.807) is 22.7 Å². The van der Waals surface area contributed by atoms with Gasteiger partial charge in [-0.3, -0.25) is 9.20 Å². The Morgan fingerprint density at radius 1 is 1.35 bits per heavy atom. The van der Waals surface area contributed by atoms with Gasteiger partial charge in [0.05, 0.1) is 12.1 Å². The molecule has 0 aliphatic rings. The van der Waals surface area contributed by atoms with Crippen molar-refractivity contribution in [2.75, 3.05) is 0 Å². The first-order valence-electron chi connectivity index (χ1n) is 5.25. The summed E-state index contributed by atoms with van der Waals surface area (Å²) in [5, 5.41) is 6.00. The number of thiophene rings is 1. The topological polar surface area (TPSA) is 34.4 Å². The molecule has 17 heavy (non-hydrogen) atoms. The minimum atomic E-state index is 0.217. The third-order valence-corrected chi connectivity index (χ3v) is 4.01. The summed E-state index contributed by atoms with van der Waals surface area (Å²) in [6, 6.07) is 1.99. The zero-order valence-corrected chi connectivity index (χ0v) is 10.6. The van der Waals surface area contributed by atoms with Crippen LogP contribution in [0.3, 0.4) is 0 Å². The van der Waals surface area contributed by atoms with Crippen LogP contribution in [0.1, 0.15) is 11.3 Å². The van der Waals surface area contributed by atoms with Gasteiger partial charge in [-0.2, -0.15) is 11.3 Å². The molecule has 0 unspecified atom stereocenters. The molecule has 3 aromatic heterocycles. The second-order valence-electron chi connectivity index (χ2n) is 3.85. The van der Waals surface area contributed by atoms with E-state index in [1.165, 1.54) is 0 Å². The Hall–Kier alpha value is -1.46. The van der Waals surface area contributed by atoms with E-state index in [4.69, 9.17) is 0 Å². The number of imidazole rings is 1. The maximum atomic E-state index is 11.8. The molecule has 0 radical (unpaired) electrons. The van der Waals surface area contributed by atoms with Crippen LogP contribution < -0.4 is 0 Å². The number of hydrogen-bond donors (Lipinski definition) is 0. The van der Waals surface area contributed by atoms with Gasteiger partial charge in [0.2, 0.25) is 0 Å². The molecule has 3 aromatic rings. The summed E-state index contributed by atoms with van der Waals surface area (Å²) in [4.78, 5) is 17.2. The van der Waals surface area contributed by atoms with E-state index < -0.39 is 0 Å². The van der Waals surface area contributed by atoms with E-state index in [2.05, 4.69) is 4.98 Å². The maximum Gasteiger partial charge on any atom is 0.193 e. The molecule has 0 aliphatic heterocycles. The summed E-state index contributed by atoms with van der Waals surface area (Å²) in [6.07, 6.45) is 4.82. The first kappa shape index (κ1) is 10.7. The Morgan fingerprint density at radius 2 is 2.29 bits per heavy atom. The Kier molecular flexibility index (Phi) is 2.78. The Labute approximate surface area is 106 Å². The van der Waals surface area contributed by atoms with Gasteiger partial charge in [-0.05, 0) is 22.4 Å². The fourth-order valence-corrected chi connectivity index (χ4v) is 3.13. The van der Waals surface area contributed by atoms with E-state index >= 15 is 0 Å². The van der Waals surface area contributed by atoms with Gasteiger partial charge < -0.3 is 0 Å². The van der Waals surface area contributed by atoms with Crippen LogP contribution in [0, 0.1) is 0 Å². The number of carbonyl (C=O) groups excluding carboxylic acids is 1. The highest BCUT2D eigenvalue weighted by Gasteiger charge is 2.09. The van der Waals surface area contributed by atoms with Crippen LogP contribution in [0.25, 0.3) is 4.96 Å². The molecule has 3 heterocycles. The molecule has 0 fully saturated rings. The number of fused-ring (bicyclic) bond motifs is 1. The molecule has 5 heteroatoms. The summed E-state index contributed by atoms with van der Waals surface area (Å²) in [5.74, 6) is 0.217. The van der Waals surface area contributed by atoms with Crippen molar-refractivity contribution in [3.63, 3.8) is 0 Å². The number of nitrogens with zero attached hydrogens (tertiary/aromatic N) is 2. The molecule has 0 aromatic carbocycles. The number of thiazole rings is 1. The highest BCUT2D eigenvalue weighted by atomic mass is 32.1. The number of aromatic nitrogens is 2. The molecule has 0 amide bonds. The van der Waals surface area contributed by atoms with E-state index in [9.17, 15) is 4.79 Å². The molecule has 0 atom stereocenters. The molecule has 0 spiro atoms. The predicted molar refractivity (Wildman–Crippen MR) is 69.8 cm³/mol.